The van der Waals surface area contributed by atoms with Crippen LogP contribution in [0.4, 0.5) is 13.2 Å². The SMILES string of the molecule is CON=C(c1ccc(COc2c(Cl)cc(OCC=C(Cl)Cl)cc2Cl)cc1)C(F)(F)F. The summed E-state index contributed by atoms with van der Waals surface area (Å²) in [6.45, 7) is 0.140. The quantitative estimate of drug-likeness (QED) is 0.283. The zero-order valence-electron chi connectivity index (χ0n) is 15.3. The third-order valence-corrected chi connectivity index (χ3v) is 4.39. The van der Waals surface area contributed by atoms with E-state index in [0.717, 1.165) is 7.11 Å². The molecule has 0 aliphatic rings. The molecule has 0 atom stereocenters. The van der Waals surface area contributed by atoms with Crippen LogP contribution in [-0.4, -0.2) is 25.6 Å². The van der Waals surface area contributed by atoms with Crippen molar-refractivity contribution in [3.8, 4) is 11.5 Å². The molecule has 0 saturated carbocycles. The predicted octanol–water partition coefficient (Wildman–Crippen LogP) is 7.18. The Bertz CT molecular complexity index is 905. The van der Waals surface area contributed by atoms with E-state index in [0.29, 0.717) is 11.3 Å². The minimum absolute atomic E-state index is 0.0211. The topological polar surface area (TPSA) is 40.0 Å². The zero-order valence-corrected chi connectivity index (χ0v) is 18.3. The summed E-state index contributed by atoms with van der Waals surface area (Å²) in [6, 6.07) is 8.46. The van der Waals surface area contributed by atoms with Crippen molar-refractivity contribution in [1.29, 1.82) is 0 Å². The van der Waals surface area contributed by atoms with Crippen LogP contribution in [0.2, 0.25) is 10.0 Å². The number of ether oxygens (including phenoxy) is 2. The molecule has 0 aromatic heterocycles. The van der Waals surface area contributed by atoms with Crippen molar-refractivity contribution in [2.75, 3.05) is 13.7 Å². The maximum absolute atomic E-state index is 13.0. The maximum atomic E-state index is 13.0. The van der Waals surface area contributed by atoms with Crippen LogP contribution in [0.15, 0.2) is 52.1 Å². The van der Waals surface area contributed by atoms with Crippen LogP contribution in [0.1, 0.15) is 11.1 Å². The predicted molar refractivity (Wildman–Crippen MR) is 112 cm³/mol. The number of oxime groups is 1. The van der Waals surface area contributed by atoms with Gasteiger partial charge in [0.15, 0.2) is 11.5 Å². The number of hydrogen-bond acceptors (Lipinski definition) is 4. The fourth-order valence-electron chi connectivity index (χ4n) is 2.23. The highest BCUT2D eigenvalue weighted by Crippen LogP contribution is 2.37. The summed E-state index contributed by atoms with van der Waals surface area (Å²) in [4.78, 5) is 4.28. The van der Waals surface area contributed by atoms with E-state index >= 15 is 0 Å². The second-order valence-corrected chi connectivity index (χ2v) is 7.45. The molecule has 0 heterocycles. The molecule has 0 aliphatic carbocycles. The minimum Gasteiger partial charge on any atom is -0.489 e. The van der Waals surface area contributed by atoms with Gasteiger partial charge in [0.05, 0.1) is 10.0 Å². The van der Waals surface area contributed by atoms with Gasteiger partial charge in [0, 0.05) is 17.7 Å². The number of halogens is 7. The van der Waals surface area contributed by atoms with Crippen molar-refractivity contribution in [3.63, 3.8) is 0 Å². The van der Waals surface area contributed by atoms with Crippen LogP contribution < -0.4 is 9.47 Å². The lowest BCUT2D eigenvalue weighted by atomic mass is 10.1. The number of hydrogen-bond donors (Lipinski definition) is 0. The molecule has 2 aromatic rings. The molecule has 2 aromatic carbocycles. The van der Waals surface area contributed by atoms with Gasteiger partial charge in [-0.3, -0.25) is 0 Å². The normalized spacial score (nSPS) is 11.8. The first kappa shape index (κ1) is 24.5. The Hall–Kier alpha value is -1.80. The molecule has 2 rings (SSSR count). The van der Waals surface area contributed by atoms with E-state index in [2.05, 4.69) is 9.99 Å². The van der Waals surface area contributed by atoms with Crippen molar-refractivity contribution in [2.45, 2.75) is 12.8 Å². The summed E-state index contributed by atoms with van der Waals surface area (Å²) in [6.07, 6.45) is -3.20. The fourth-order valence-corrected chi connectivity index (χ4v) is 2.93. The Kier molecular flexibility index (Phi) is 8.97. The smallest absolute Gasteiger partial charge is 0.437 e. The van der Waals surface area contributed by atoms with Gasteiger partial charge in [0.1, 0.15) is 30.6 Å². The van der Waals surface area contributed by atoms with Gasteiger partial charge in [-0.15, -0.1) is 0 Å². The Morgan fingerprint density at radius 3 is 2.13 bits per heavy atom. The number of rotatable bonds is 8. The van der Waals surface area contributed by atoms with Crippen LogP contribution in [-0.2, 0) is 11.4 Å². The fraction of sp³-hybridized carbons (Fsp3) is 0.211. The van der Waals surface area contributed by atoms with Gasteiger partial charge in [-0.1, -0.05) is 75.8 Å². The van der Waals surface area contributed by atoms with E-state index in [4.69, 9.17) is 55.9 Å². The van der Waals surface area contributed by atoms with Crippen LogP contribution in [0.5, 0.6) is 11.5 Å². The first-order valence-corrected chi connectivity index (χ1v) is 9.66. The molecule has 4 nitrogen and oxygen atoms in total. The third kappa shape index (κ3) is 7.16. The van der Waals surface area contributed by atoms with Crippen molar-refractivity contribution >= 4 is 52.1 Å². The number of nitrogens with zero attached hydrogens (tertiary/aromatic N) is 1. The lowest BCUT2D eigenvalue weighted by molar-refractivity contribution is -0.0607. The Balaban J connectivity index is 2.08. The summed E-state index contributed by atoms with van der Waals surface area (Å²) >= 11 is 23.4. The largest absolute Gasteiger partial charge is 0.489 e. The molecule has 11 heteroatoms. The lowest BCUT2D eigenvalue weighted by Crippen LogP contribution is -2.24. The van der Waals surface area contributed by atoms with E-state index in [-0.39, 0.29) is 39.1 Å². The average Bonchev–Trinajstić information content (AvgIpc) is 2.65. The molecule has 162 valence electrons. The number of alkyl halides is 3. The molecule has 0 N–H and O–H groups in total. The number of benzene rings is 2. The standard InChI is InChI=1S/C19H14Cl4F3NO3/c1-28-27-18(19(24,25)26)12-4-2-11(3-5-12)10-30-17-14(20)8-13(9-15(17)21)29-7-6-16(22)23/h2-6,8-9H,7,10H2,1H3. The molecule has 0 fully saturated rings. The molecule has 0 radical (unpaired) electrons. The summed E-state index contributed by atoms with van der Waals surface area (Å²) in [5, 5.41) is 3.44. The highest BCUT2D eigenvalue weighted by Gasteiger charge is 2.37. The van der Waals surface area contributed by atoms with Crippen LogP contribution in [0, 0.1) is 0 Å². The first-order chi connectivity index (χ1) is 14.1. The lowest BCUT2D eigenvalue weighted by Gasteiger charge is -2.13. The second-order valence-electron chi connectivity index (χ2n) is 5.63. The van der Waals surface area contributed by atoms with Gasteiger partial charge in [-0.05, 0) is 11.6 Å². The monoisotopic (exact) mass is 501 g/mol. The molecular weight excluding hydrogens is 489 g/mol. The van der Waals surface area contributed by atoms with Gasteiger partial charge in [0.25, 0.3) is 0 Å². The highest BCUT2D eigenvalue weighted by atomic mass is 35.5. The van der Waals surface area contributed by atoms with Crippen LogP contribution >= 0.6 is 46.4 Å². The van der Waals surface area contributed by atoms with E-state index in [1.165, 1.54) is 42.5 Å². The molecule has 0 aliphatic heterocycles. The zero-order chi connectivity index (χ0) is 22.3. The second kappa shape index (κ2) is 11.0. The van der Waals surface area contributed by atoms with Gasteiger partial charge in [-0.25, -0.2) is 0 Å². The average molecular weight is 503 g/mol. The minimum atomic E-state index is -4.65. The van der Waals surface area contributed by atoms with Crippen molar-refractivity contribution < 1.29 is 27.5 Å². The van der Waals surface area contributed by atoms with Crippen LogP contribution in [0.25, 0.3) is 0 Å². The first-order valence-electron chi connectivity index (χ1n) is 8.15. The molecule has 0 bridgehead atoms. The molecule has 0 spiro atoms. The van der Waals surface area contributed by atoms with Gasteiger partial charge in [0.2, 0.25) is 0 Å². The molecule has 30 heavy (non-hydrogen) atoms. The molecular formula is C19H14Cl4F3NO3. The third-order valence-electron chi connectivity index (χ3n) is 3.52. The maximum Gasteiger partial charge on any atom is 0.437 e. The van der Waals surface area contributed by atoms with Crippen molar-refractivity contribution in [1.82, 2.24) is 0 Å². The van der Waals surface area contributed by atoms with E-state index < -0.39 is 11.9 Å². The van der Waals surface area contributed by atoms with Gasteiger partial charge >= 0.3 is 6.18 Å². The van der Waals surface area contributed by atoms with Crippen LogP contribution in [0.3, 0.4) is 0 Å². The molecule has 0 amide bonds. The molecule has 0 unspecified atom stereocenters. The van der Waals surface area contributed by atoms with E-state index in [9.17, 15) is 13.2 Å². The van der Waals surface area contributed by atoms with Gasteiger partial charge in [-0.2, -0.15) is 13.2 Å². The van der Waals surface area contributed by atoms with E-state index in [1.54, 1.807) is 0 Å². The van der Waals surface area contributed by atoms with Gasteiger partial charge < -0.3 is 14.3 Å². The highest BCUT2D eigenvalue weighted by molar-refractivity contribution is 6.55. The summed E-state index contributed by atoms with van der Waals surface area (Å²) in [5.74, 6) is 0.585. The Morgan fingerprint density at radius 1 is 1.03 bits per heavy atom. The van der Waals surface area contributed by atoms with Crippen molar-refractivity contribution in [3.05, 3.63) is 68.1 Å². The summed E-state index contributed by atoms with van der Waals surface area (Å²) in [5.41, 5.74) is -0.687. The summed E-state index contributed by atoms with van der Waals surface area (Å²) in [7, 11) is 1.04. The van der Waals surface area contributed by atoms with Crippen molar-refractivity contribution in [2.24, 2.45) is 5.16 Å². The Labute approximate surface area is 190 Å². The summed E-state index contributed by atoms with van der Waals surface area (Å²) < 4.78 is 50.1. The Morgan fingerprint density at radius 2 is 1.63 bits per heavy atom. The van der Waals surface area contributed by atoms with E-state index in [1.807, 2.05) is 0 Å². The molecule has 0 saturated heterocycles.